The van der Waals surface area contributed by atoms with E-state index >= 15 is 0 Å². The molecule has 0 radical (unpaired) electrons. The molecule has 0 aliphatic carbocycles. The monoisotopic (exact) mass is 533 g/mol. The van der Waals surface area contributed by atoms with Crippen LogP contribution in [0.1, 0.15) is 15.9 Å². The standard InChI is InChI=1S/C27H24BrN3O4/c28-22-8-6-21(7-9-22)27(18-31-15-14-29-19-31)34-17-25(35-27)16-33-24-12-10-23(11-13-24)30-26(32)20-4-2-1-3-5-20/h1-15,19,25H,16-18H2,(H,30,32). The number of nitrogens with zero attached hydrogens (tertiary/aromatic N) is 2. The van der Waals surface area contributed by atoms with Crippen LogP contribution < -0.4 is 10.1 Å². The number of carbonyl (C=O) groups excluding carboxylic acids is 1. The highest BCUT2D eigenvalue weighted by atomic mass is 79.9. The Morgan fingerprint density at radius 3 is 2.57 bits per heavy atom. The summed E-state index contributed by atoms with van der Waals surface area (Å²) < 4.78 is 21.6. The van der Waals surface area contributed by atoms with Crippen molar-refractivity contribution in [2.45, 2.75) is 18.4 Å². The maximum atomic E-state index is 12.3. The summed E-state index contributed by atoms with van der Waals surface area (Å²) in [6.07, 6.45) is 5.11. The molecule has 3 aromatic carbocycles. The largest absolute Gasteiger partial charge is 0.491 e. The Kier molecular flexibility index (Phi) is 6.94. The van der Waals surface area contributed by atoms with E-state index in [4.69, 9.17) is 14.2 Å². The summed E-state index contributed by atoms with van der Waals surface area (Å²) in [5.41, 5.74) is 2.23. The quantitative estimate of drug-likeness (QED) is 0.335. The number of amides is 1. The molecule has 1 aliphatic rings. The van der Waals surface area contributed by atoms with Gasteiger partial charge in [-0.3, -0.25) is 4.79 Å². The van der Waals surface area contributed by atoms with Crippen molar-refractivity contribution in [2.75, 3.05) is 18.5 Å². The number of ether oxygens (including phenoxy) is 3. The van der Waals surface area contributed by atoms with Crippen molar-refractivity contribution in [1.82, 2.24) is 9.55 Å². The van der Waals surface area contributed by atoms with E-state index in [1.807, 2.05) is 77.5 Å². The molecule has 5 rings (SSSR count). The molecule has 0 saturated carbocycles. The predicted octanol–water partition coefficient (Wildman–Crippen LogP) is 5.25. The zero-order valence-electron chi connectivity index (χ0n) is 18.8. The average molecular weight is 534 g/mol. The van der Waals surface area contributed by atoms with Crippen LogP contribution in [0.5, 0.6) is 5.75 Å². The summed E-state index contributed by atoms with van der Waals surface area (Å²) in [6.45, 7) is 1.20. The van der Waals surface area contributed by atoms with Crippen molar-refractivity contribution in [3.63, 3.8) is 0 Å². The summed E-state index contributed by atoms with van der Waals surface area (Å²) in [6, 6.07) is 24.3. The first-order valence-corrected chi connectivity index (χ1v) is 12.0. The smallest absolute Gasteiger partial charge is 0.255 e. The Bertz CT molecular complexity index is 1250. The maximum Gasteiger partial charge on any atom is 0.255 e. The Hall–Kier alpha value is -3.46. The molecule has 1 aromatic heterocycles. The van der Waals surface area contributed by atoms with Crippen molar-refractivity contribution in [3.05, 3.63) is 113 Å². The minimum atomic E-state index is -0.930. The predicted molar refractivity (Wildman–Crippen MR) is 135 cm³/mol. The Labute approximate surface area is 211 Å². The van der Waals surface area contributed by atoms with Crippen LogP contribution in [0.2, 0.25) is 0 Å². The summed E-state index contributed by atoms with van der Waals surface area (Å²) in [7, 11) is 0. The number of halogens is 1. The number of imidazole rings is 1. The molecular weight excluding hydrogens is 510 g/mol. The SMILES string of the molecule is O=C(Nc1ccc(OCC2COC(Cn3ccnc3)(c3ccc(Br)cc3)O2)cc1)c1ccccc1. The number of anilines is 1. The fraction of sp³-hybridized carbons (Fsp3) is 0.185. The summed E-state index contributed by atoms with van der Waals surface area (Å²) in [5.74, 6) is -0.402. The number of hydrogen-bond acceptors (Lipinski definition) is 5. The van der Waals surface area contributed by atoms with Gasteiger partial charge in [0.15, 0.2) is 0 Å². The van der Waals surface area contributed by atoms with Gasteiger partial charge in [-0.05, 0) is 48.5 Å². The lowest BCUT2D eigenvalue weighted by Gasteiger charge is -2.29. The first-order chi connectivity index (χ1) is 17.1. The van der Waals surface area contributed by atoms with Crippen LogP contribution in [0.4, 0.5) is 5.69 Å². The van der Waals surface area contributed by atoms with E-state index in [1.165, 1.54) is 0 Å². The van der Waals surface area contributed by atoms with Gasteiger partial charge < -0.3 is 24.1 Å². The fourth-order valence-corrected chi connectivity index (χ4v) is 4.18. The first kappa shape index (κ1) is 23.3. The Morgan fingerprint density at radius 1 is 1.09 bits per heavy atom. The maximum absolute atomic E-state index is 12.3. The number of aromatic nitrogens is 2. The van der Waals surface area contributed by atoms with Gasteiger partial charge in [-0.15, -0.1) is 0 Å². The van der Waals surface area contributed by atoms with Crippen LogP contribution in [-0.4, -0.2) is 34.8 Å². The lowest BCUT2D eigenvalue weighted by molar-refractivity contribution is -0.189. The second kappa shape index (κ2) is 10.4. The molecule has 4 aromatic rings. The van der Waals surface area contributed by atoms with Gasteiger partial charge in [-0.2, -0.15) is 0 Å². The van der Waals surface area contributed by atoms with Gasteiger partial charge in [-0.1, -0.05) is 46.3 Å². The average Bonchev–Trinajstić information content (AvgIpc) is 3.55. The molecule has 0 spiro atoms. The van der Waals surface area contributed by atoms with Crippen LogP contribution in [0.25, 0.3) is 0 Å². The highest BCUT2D eigenvalue weighted by Crippen LogP contribution is 2.37. The number of benzene rings is 3. The molecule has 35 heavy (non-hydrogen) atoms. The lowest BCUT2D eigenvalue weighted by Crippen LogP contribution is -2.34. The molecule has 178 valence electrons. The summed E-state index contributed by atoms with van der Waals surface area (Å²) >= 11 is 3.48. The van der Waals surface area contributed by atoms with Crippen LogP contribution in [0.3, 0.4) is 0 Å². The molecule has 2 atom stereocenters. The Morgan fingerprint density at radius 2 is 1.86 bits per heavy atom. The normalized spacial score (nSPS) is 19.4. The second-order valence-electron chi connectivity index (χ2n) is 8.20. The van der Waals surface area contributed by atoms with Gasteiger partial charge >= 0.3 is 0 Å². The molecule has 1 aliphatic heterocycles. The number of rotatable bonds is 8. The van der Waals surface area contributed by atoms with E-state index in [-0.39, 0.29) is 12.0 Å². The molecule has 1 N–H and O–H groups in total. The zero-order valence-corrected chi connectivity index (χ0v) is 20.4. The molecule has 1 saturated heterocycles. The van der Waals surface area contributed by atoms with Crippen molar-refractivity contribution in [3.8, 4) is 5.75 Å². The third kappa shape index (κ3) is 5.62. The van der Waals surface area contributed by atoms with Crippen molar-refractivity contribution >= 4 is 27.5 Å². The molecule has 0 bridgehead atoms. The van der Waals surface area contributed by atoms with E-state index < -0.39 is 5.79 Å². The topological polar surface area (TPSA) is 74.6 Å². The highest BCUT2D eigenvalue weighted by molar-refractivity contribution is 9.10. The van der Waals surface area contributed by atoms with E-state index in [0.717, 1.165) is 10.0 Å². The van der Waals surface area contributed by atoms with E-state index in [0.29, 0.717) is 36.8 Å². The Balaban J connectivity index is 1.21. The van der Waals surface area contributed by atoms with Gasteiger partial charge in [0.2, 0.25) is 5.79 Å². The number of nitrogens with one attached hydrogen (secondary N) is 1. The van der Waals surface area contributed by atoms with Gasteiger partial charge in [-0.25, -0.2) is 4.98 Å². The molecule has 1 amide bonds. The van der Waals surface area contributed by atoms with E-state index in [1.54, 1.807) is 24.7 Å². The fourth-order valence-electron chi connectivity index (χ4n) is 3.91. The van der Waals surface area contributed by atoms with Crippen molar-refractivity contribution < 1.29 is 19.0 Å². The van der Waals surface area contributed by atoms with Crippen molar-refractivity contribution in [2.24, 2.45) is 0 Å². The molecule has 2 heterocycles. The first-order valence-electron chi connectivity index (χ1n) is 11.2. The van der Waals surface area contributed by atoms with Gasteiger partial charge in [0, 0.05) is 33.7 Å². The van der Waals surface area contributed by atoms with E-state index in [9.17, 15) is 4.79 Å². The van der Waals surface area contributed by atoms with Crippen LogP contribution in [-0.2, 0) is 21.8 Å². The minimum Gasteiger partial charge on any atom is -0.491 e. The molecule has 8 heteroatoms. The van der Waals surface area contributed by atoms with Crippen LogP contribution >= 0.6 is 15.9 Å². The molecule has 2 unspecified atom stereocenters. The van der Waals surface area contributed by atoms with Crippen molar-refractivity contribution in [1.29, 1.82) is 0 Å². The third-order valence-electron chi connectivity index (χ3n) is 5.68. The van der Waals surface area contributed by atoms with Crippen LogP contribution in [0, 0.1) is 0 Å². The minimum absolute atomic E-state index is 0.155. The zero-order chi connectivity index (χ0) is 24.1. The number of carbonyl (C=O) groups is 1. The summed E-state index contributed by atoms with van der Waals surface area (Å²) in [4.78, 5) is 16.5. The second-order valence-corrected chi connectivity index (χ2v) is 9.12. The van der Waals surface area contributed by atoms with E-state index in [2.05, 4.69) is 26.2 Å². The van der Waals surface area contributed by atoms with Gasteiger partial charge in [0.25, 0.3) is 5.91 Å². The number of hydrogen-bond donors (Lipinski definition) is 1. The third-order valence-corrected chi connectivity index (χ3v) is 6.21. The molecule has 7 nitrogen and oxygen atoms in total. The lowest BCUT2D eigenvalue weighted by atomic mass is 10.1. The molecular formula is C27H24BrN3O4. The van der Waals surface area contributed by atoms with Crippen LogP contribution in [0.15, 0.2) is 102 Å². The summed E-state index contributed by atoms with van der Waals surface area (Å²) in [5, 5.41) is 2.89. The van der Waals surface area contributed by atoms with Gasteiger partial charge in [0.1, 0.15) is 18.5 Å². The van der Waals surface area contributed by atoms with Gasteiger partial charge in [0.05, 0.1) is 19.5 Å². The molecule has 1 fully saturated rings. The highest BCUT2D eigenvalue weighted by Gasteiger charge is 2.44.